The van der Waals surface area contributed by atoms with Crippen molar-refractivity contribution in [1.29, 1.82) is 0 Å². The third-order valence-corrected chi connectivity index (χ3v) is 6.12. The highest BCUT2D eigenvalue weighted by Gasteiger charge is 2.39. The highest BCUT2D eigenvalue weighted by Crippen LogP contribution is 2.40. The number of rotatable bonds is 10. The number of hydrogen-bond donors (Lipinski definition) is 2. The molecule has 2 unspecified atom stereocenters. The van der Waals surface area contributed by atoms with Gasteiger partial charge in [0.2, 0.25) is 5.91 Å². The molecule has 1 aromatic carbocycles. The first kappa shape index (κ1) is 23.7. The Balaban J connectivity index is 1.64. The van der Waals surface area contributed by atoms with Crippen molar-refractivity contribution in [2.45, 2.75) is 45.3 Å². The van der Waals surface area contributed by atoms with Gasteiger partial charge < -0.3 is 24.8 Å². The number of nitrogens with zero attached hydrogens (tertiary/aromatic N) is 1. The third kappa shape index (κ3) is 5.21. The molecule has 1 fully saturated rings. The number of carbonyl (C=O) groups is 3. The van der Waals surface area contributed by atoms with E-state index < -0.39 is 24.5 Å². The van der Waals surface area contributed by atoms with Crippen LogP contribution < -0.4 is 14.8 Å². The minimum Gasteiger partial charge on any atom is -0.490 e. The number of nitrogens with one attached hydrogen (secondary N) is 1. The number of allylic oxidation sites excluding steroid dienone is 2. The average molecular weight is 476 g/mol. The summed E-state index contributed by atoms with van der Waals surface area (Å²) in [6, 6.07) is 3.64. The van der Waals surface area contributed by atoms with Crippen molar-refractivity contribution in [3.8, 4) is 11.5 Å². The Morgan fingerprint density at radius 2 is 2.03 bits per heavy atom. The van der Waals surface area contributed by atoms with Gasteiger partial charge in [-0.15, -0.1) is 0 Å². The highest BCUT2D eigenvalue weighted by atomic mass is 19.3. The summed E-state index contributed by atoms with van der Waals surface area (Å²) in [6.07, 6.45) is 5.01. The van der Waals surface area contributed by atoms with Crippen molar-refractivity contribution in [3.05, 3.63) is 47.3 Å². The Bertz CT molecular complexity index is 1050. The van der Waals surface area contributed by atoms with E-state index in [-0.39, 0.29) is 55.1 Å². The molecule has 0 spiro atoms. The van der Waals surface area contributed by atoms with E-state index in [9.17, 15) is 28.3 Å². The van der Waals surface area contributed by atoms with Gasteiger partial charge in [-0.1, -0.05) is 12.1 Å². The Morgan fingerprint density at radius 1 is 1.26 bits per heavy atom. The lowest BCUT2D eigenvalue weighted by atomic mass is 9.87. The maximum atomic E-state index is 12.8. The number of amides is 1. The van der Waals surface area contributed by atoms with Gasteiger partial charge in [0.25, 0.3) is 0 Å². The first-order chi connectivity index (χ1) is 16.3. The molecule has 1 aromatic rings. The van der Waals surface area contributed by atoms with Crippen molar-refractivity contribution in [1.82, 2.24) is 10.2 Å². The minimum atomic E-state index is -3.03. The van der Waals surface area contributed by atoms with Crippen LogP contribution in [0.15, 0.2) is 41.7 Å². The van der Waals surface area contributed by atoms with Crippen molar-refractivity contribution in [3.63, 3.8) is 0 Å². The number of ketones is 1. The molecule has 0 bridgehead atoms. The molecule has 182 valence electrons. The lowest BCUT2D eigenvalue weighted by Crippen LogP contribution is -2.33. The van der Waals surface area contributed by atoms with Crippen LogP contribution >= 0.6 is 0 Å². The van der Waals surface area contributed by atoms with Crippen molar-refractivity contribution >= 4 is 17.7 Å². The van der Waals surface area contributed by atoms with Crippen molar-refractivity contribution < 1.29 is 37.7 Å². The second kappa shape index (κ2) is 9.82. The fraction of sp³-hybridized carbons (Fsp3) is 0.458. The number of ether oxygens (including phenoxy) is 2. The summed E-state index contributed by atoms with van der Waals surface area (Å²) in [5.41, 5.74) is 1.76. The van der Waals surface area contributed by atoms with Gasteiger partial charge >= 0.3 is 12.6 Å². The maximum Gasteiger partial charge on any atom is 0.387 e. The molecule has 0 saturated heterocycles. The molecule has 4 rings (SSSR count). The predicted molar refractivity (Wildman–Crippen MR) is 116 cm³/mol. The molecule has 8 nitrogen and oxygen atoms in total. The molecule has 3 aliphatic rings. The topological polar surface area (TPSA) is 105 Å². The predicted octanol–water partition coefficient (Wildman–Crippen LogP) is 3.40. The van der Waals surface area contributed by atoms with Crippen LogP contribution in [-0.4, -0.2) is 47.4 Å². The van der Waals surface area contributed by atoms with Gasteiger partial charge in [-0.3, -0.25) is 14.4 Å². The van der Waals surface area contributed by atoms with Gasteiger partial charge in [-0.05, 0) is 37.5 Å². The Kier molecular flexibility index (Phi) is 6.85. The van der Waals surface area contributed by atoms with E-state index in [4.69, 9.17) is 4.74 Å². The second-order valence-electron chi connectivity index (χ2n) is 8.52. The molecule has 0 aromatic heterocycles. The number of carbonyl (C=O) groups excluding carboxylic acids is 2. The van der Waals surface area contributed by atoms with Crippen molar-refractivity contribution in [2.75, 3.05) is 13.2 Å². The summed E-state index contributed by atoms with van der Waals surface area (Å²) in [5, 5.41) is 12.5. The number of Topliss-reactive ketones (excluding diaryl/α,β-unsaturated/α-hetero) is 1. The van der Waals surface area contributed by atoms with Crippen LogP contribution in [0.1, 0.15) is 44.2 Å². The molecule has 1 amide bonds. The number of fused-ring (bicyclic) bond motifs is 1. The molecule has 10 heteroatoms. The lowest BCUT2D eigenvalue weighted by Gasteiger charge is -2.28. The zero-order chi connectivity index (χ0) is 24.4. The highest BCUT2D eigenvalue weighted by molar-refractivity contribution is 5.91. The number of carboxylic acid groups (broad SMARTS) is 1. The first-order valence-electron chi connectivity index (χ1n) is 11.2. The molecular weight excluding hydrogens is 450 g/mol. The lowest BCUT2D eigenvalue weighted by molar-refractivity contribution is -0.138. The average Bonchev–Trinajstić information content (AvgIpc) is 3.53. The molecule has 0 radical (unpaired) electrons. The van der Waals surface area contributed by atoms with E-state index in [0.29, 0.717) is 16.8 Å². The number of hydrogen-bond acceptors (Lipinski definition) is 6. The summed E-state index contributed by atoms with van der Waals surface area (Å²) < 4.78 is 35.5. The van der Waals surface area contributed by atoms with Gasteiger partial charge in [0.15, 0.2) is 11.5 Å². The third-order valence-electron chi connectivity index (χ3n) is 6.12. The summed E-state index contributed by atoms with van der Waals surface area (Å²) in [6.45, 7) is -0.889. The van der Waals surface area contributed by atoms with Gasteiger partial charge in [-0.2, -0.15) is 8.78 Å². The molecule has 1 heterocycles. The quantitative estimate of drug-likeness (QED) is 0.533. The molecular formula is C24H26F2N2O6. The van der Waals surface area contributed by atoms with Gasteiger partial charge in [0.1, 0.15) is 5.78 Å². The van der Waals surface area contributed by atoms with E-state index in [0.717, 1.165) is 12.8 Å². The zero-order valence-corrected chi connectivity index (χ0v) is 18.6. The van der Waals surface area contributed by atoms with Gasteiger partial charge in [-0.25, -0.2) is 0 Å². The Labute approximate surface area is 195 Å². The summed E-state index contributed by atoms with van der Waals surface area (Å²) in [4.78, 5) is 38.4. The number of alkyl halides is 2. The summed E-state index contributed by atoms with van der Waals surface area (Å²) in [7, 11) is 0. The van der Waals surface area contributed by atoms with E-state index >= 15 is 0 Å². The zero-order valence-electron chi connectivity index (χ0n) is 18.6. The van der Waals surface area contributed by atoms with Crippen LogP contribution in [-0.2, 0) is 14.4 Å². The van der Waals surface area contributed by atoms with Gasteiger partial charge in [0, 0.05) is 36.4 Å². The molecule has 2 aliphatic carbocycles. The first-order valence-corrected chi connectivity index (χ1v) is 11.2. The fourth-order valence-corrected chi connectivity index (χ4v) is 4.33. The number of carboxylic acids is 1. The van der Waals surface area contributed by atoms with E-state index in [2.05, 4.69) is 10.1 Å². The fourth-order valence-electron chi connectivity index (χ4n) is 4.33. The monoisotopic (exact) mass is 476 g/mol. The summed E-state index contributed by atoms with van der Waals surface area (Å²) >= 11 is 0. The summed E-state index contributed by atoms with van der Waals surface area (Å²) in [5.74, 6) is -1.70. The van der Waals surface area contributed by atoms with E-state index in [1.165, 1.54) is 18.2 Å². The van der Waals surface area contributed by atoms with Crippen LogP contribution in [0.25, 0.3) is 0 Å². The molecule has 1 aliphatic heterocycles. The molecule has 1 saturated carbocycles. The largest absolute Gasteiger partial charge is 0.490 e. The normalized spacial score (nSPS) is 20.4. The number of aliphatic carboxylic acids is 1. The van der Waals surface area contributed by atoms with Crippen LogP contribution in [0.4, 0.5) is 8.78 Å². The van der Waals surface area contributed by atoms with Crippen LogP contribution in [0, 0.1) is 11.8 Å². The Morgan fingerprint density at radius 3 is 2.68 bits per heavy atom. The molecule has 34 heavy (non-hydrogen) atoms. The Hall–Kier alpha value is -3.43. The van der Waals surface area contributed by atoms with Crippen LogP contribution in [0.2, 0.25) is 0 Å². The SMILES string of the molecule is CCOc1cc(C(CC(=O)O)N2C=C3C(NC(=O)C4CC4)=CCC(=O)C3C2)ccc1OC(F)F. The standard InChI is InChI=1S/C24H26F2N2O6/c1-2-33-21-9-14(5-8-20(21)34-24(25)26)18(10-22(30)31)28-11-15-16(12-28)19(29)7-6-17(15)27-23(32)13-3-4-13/h5-6,8-9,11,13,16,18,24H,2-4,7,10,12H2,1H3,(H,27,32)(H,30,31). The van der Waals surface area contributed by atoms with Crippen LogP contribution in [0.3, 0.4) is 0 Å². The van der Waals surface area contributed by atoms with E-state index in [1.54, 1.807) is 24.1 Å². The maximum absolute atomic E-state index is 12.8. The molecule has 2 N–H and O–H groups in total. The van der Waals surface area contributed by atoms with Gasteiger partial charge in [0.05, 0.1) is 25.0 Å². The van der Waals surface area contributed by atoms with Crippen molar-refractivity contribution in [2.24, 2.45) is 11.8 Å². The number of benzene rings is 1. The number of halogens is 2. The minimum absolute atomic E-state index is 0.000743. The van der Waals surface area contributed by atoms with Crippen LogP contribution in [0.5, 0.6) is 11.5 Å². The second-order valence-corrected chi connectivity index (χ2v) is 8.52. The van der Waals surface area contributed by atoms with E-state index in [1.807, 2.05) is 0 Å². The molecule has 2 atom stereocenters. The smallest absolute Gasteiger partial charge is 0.387 e.